The molecule has 1 aliphatic heterocycles. The molecule has 0 bridgehead atoms. The van der Waals surface area contributed by atoms with Crippen molar-refractivity contribution in [1.29, 1.82) is 0 Å². The van der Waals surface area contributed by atoms with E-state index in [1.165, 1.54) is 43.5 Å². The molecule has 1 aromatic carbocycles. The predicted molar refractivity (Wildman–Crippen MR) is 78.0 cm³/mol. The van der Waals surface area contributed by atoms with E-state index < -0.39 is 0 Å². The number of rotatable bonds is 4. The van der Waals surface area contributed by atoms with Crippen LogP contribution in [0.5, 0.6) is 0 Å². The maximum absolute atomic E-state index is 4.41. The zero-order chi connectivity index (χ0) is 12.9. The minimum atomic E-state index is 1.08. The molecule has 0 amide bonds. The van der Waals surface area contributed by atoms with Crippen LogP contribution in [0.25, 0.3) is 11.3 Å². The summed E-state index contributed by atoms with van der Waals surface area (Å²) in [6, 6.07) is 10.4. The standard InChI is InChI=1S/C16H21N3/c1-3-7-14(8-4-1)16-15(13-17-18-16)9-12-19-10-5-2-6-11-19/h1,3-4,7-8,13H,2,5-6,9-12H2,(H,17,18). The highest BCUT2D eigenvalue weighted by molar-refractivity contribution is 5.62. The topological polar surface area (TPSA) is 31.9 Å². The molecule has 3 heteroatoms. The molecule has 0 atom stereocenters. The molecule has 1 N–H and O–H groups in total. The highest BCUT2D eigenvalue weighted by atomic mass is 15.1. The molecule has 1 fully saturated rings. The number of piperidine rings is 1. The van der Waals surface area contributed by atoms with Crippen molar-refractivity contribution in [1.82, 2.24) is 15.1 Å². The van der Waals surface area contributed by atoms with Crippen LogP contribution in [-0.2, 0) is 6.42 Å². The first-order valence-corrected chi connectivity index (χ1v) is 7.24. The Kier molecular flexibility index (Phi) is 3.94. The summed E-state index contributed by atoms with van der Waals surface area (Å²) in [6.45, 7) is 3.68. The summed E-state index contributed by atoms with van der Waals surface area (Å²) < 4.78 is 0. The van der Waals surface area contributed by atoms with Crippen molar-refractivity contribution in [3.63, 3.8) is 0 Å². The number of benzene rings is 1. The van der Waals surface area contributed by atoms with Crippen LogP contribution in [0.2, 0.25) is 0 Å². The number of likely N-dealkylation sites (tertiary alicyclic amines) is 1. The Balaban J connectivity index is 1.67. The van der Waals surface area contributed by atoms with E-state index in [0.717, 1.165) is 18.7 Å². The van der Waals surface area contributed by atoms with E-state index in [9.17, 15) is 0 Å². The van der Waals surface area contributed by atoms with Crippen molar-refractivity contribution in [2.24, 2.45) is 0 Å². The third kappa shape index (κ3) is 3.04. The van der Waals surface area contributed by atoms with Crippen LogP contribution in [0.4, 0.5) is 0 Å². The van der Waals surface area contributed by atoms with Crippen LogP contribution in [0.1, 0.15) is 24.8 Å². The zero-order valence-corrected chi connectivity index (χ0v) is 11.3. The van der Waals surface area contributed by atoms with E-state index in [4.69, 9.17) is 0 Å². The predicted octanol–water partition coefficient (Wildman–Crippen LogP) is 3.11. The lowest BCUT2D eigenvalue weighted by atomic mass is 10.1. The number of aromatic nitrogens is 2. The fourth-order valence-corrected chi connectivity index (χ4v) is 2.81. The minimum absolute atomic E-state index is 1.08. The molecule has 1 aromatic heterocycles. The van der Waals surface area contributed by atoms with Crippen LogP contribution in [0.15, 0.2) is 36.5 Å². The van der Waals surface area contributed by atoms with Crippen LogP contribution in [-0.4, -0.2) is 34.7 Å². The molecule has 3 nitrogen and oxygen atoms in total. The number of aromatic amines is 1. The van der Waals surface area contributed by atoms with Crippen LogP contribution in [0.3, 0.4) is 0 Å². The quantitative estimate of drug-likeness (QED) is 0.910. The van der Waals surface area contributed by atoms with Gasteiger partial charge in [-0.2, -0.15) is 5.10 Å². The SMILES string of the molecule is c1ccc(-c2n[nH]cc2CCN2CCCCC2)cc1. The molecule has 100 valence electrons. The van der Waals surface area contributed by atoms with E-state index in [2.05, 4.69) is 39.4 Å². The van der Waals surface area contributed by atoms with Gasteiger partial charge in [-0.15, -0.1) is 0 Å². The Morgan fingerprint density at radius 1 is 1.05 bits per heavy atom. The molecule has 0 saturated carbocycles. The minimum Gasteiger partial charge on any atom is -0.303 e. The molecule has 0 radical (unpaired) electrons. The second-order valence-electron chi connectivity index (χ2n) is 5.28. The average molecular weight is 255 g/mol. The molecule has 2 heterocycles. The molecule has 0 aliphatic carbocycles. The van der Waals surface area contributed by atoms with Gasteiger partial charge in [-0.3, -0.25) is 5.10 Å². The second-order valence-corrected chi connectivity index (χ2v) is 5.28. The lowest BCUT2D eigenvalue weighted by Crippen LogP contribution is -2.31. The third-order valence-electron chi connectivity index (χ3n) is 3.91. The Bertz CT molecular complexity index is 498. The molecule has 3 rings (SSSR count). The van der Waals surface area contributed by atoms with Crippen LogP contribution in [0, 0.1) is 0 Å². The summed E-state index contributed by atoms with van der Waals surface area (Å²) in [7, 11) is 0. The fraction of sp³-hybridized carbons (Fsp3) is 0.438. The van der Waals surface area contributed by atoms with Gasteiger partial charge in [0.25, 0.3) is 0 Å². The zero-order valence-electron chi connectivity index (χ0n) is 11.3. The monoisotopic (exact) mass is 255 g/mol. The summed E-state index contributed by atoms with van der Waals surface area (Å²) in [5, 5.41) is 7.42. The van der Waals surface area contributed by atoms with E-state index in [1.54, 1.807) is 0 Å². The summed E-state index contributed by atoms with van der Waals surface area (Å²) in [5.74, 6) is 0. The third-order valence-corrected chi connectivity index (χ3v) is 3.91. The molecule has 19 heavy (non-hydrogen) atoms. The van der Waals surface area contributed by atoms with Crippen molar-refractivity contribution < 1.29 is 0 Å². The largest absolute Gasteiger partial charge is 0.303 e. The van der Waals surface area contributed by atoms with Crippen molar-refractivity contribution in [2.45, 2.75) is 25.7 Å². The summed E-state index contributed by atoms with van der Waals surface area (Å²) in [5.41, 5.74) is 3.65. The Morgan fingerprint density at radius 2 is 1.84 bits per heavy atom. The van der Waals surface area contributed by atoms with Gasteiger partial charge in [0.2, 0.25) is 0 Å². The summed E-state index contributed by atoms with van der Waals surface area (Å²) in [4.78, 5) is 2.57. The van der Waals surface area contributed by atoms with Crippen molar-refractivity contribution in [3.05, 3.63) is 42.1 Å². The number of hydrogen-bond donors (Lipinski definition) is 1. The van der Waals surface area contributed by atoms with Gasteiger partial charge in [-0.05, 0) is 37.9 Å². The molecule has 2 aromatic rings. The van der Waals surface area contributed by atoms with Gasteiger partial charge >= 0.3 is 0 Å². The van der Waals surface area contributed by atoms with Gasteiger partial charge in [0.15, 0.2) is 0 Å². The molecular weight excluding hydrogens is 234 g/mol. The fourth-order valence-electron chi connectivity index (χ4n) is 2.81. The Labute approximate surface area is 114 Å². The van der Waals surface area contributed by atoms with E-state index in [1.807, 2.05) is 12.3 Å². The molecule has 1 saturated heterocycles. The normalized spacial score (nSPS) is 16.6. The van der Waals surface area contributed by atoms with Crippen molar-refractivity contribution in [3.8, 4) is 11.3 Å². The van der Waals surface area contributed by atoms with Crippen molar-refractivity contribution >= 4 is 0 Å². The lowest BCUT2D eigenvalue weighted by molar-refractivity contribution is 0.231. The van der Waals surface area contributed by atoms with Crippen LogP contribution >= 0.6 is 0 Å². The molecular formula is C16H21N3. The van der Waals surface area contributed by atoms with Gasteiger partial charge < -0.3 is 4.90 Å². The van der Waals surface area contributed by atoms with Gasteiger partial charge in [-0.1, -0.05) is 36.8 Å². The van der Waals surface area contributed by atoms with E-state index in [0.29, 0.717) is 0 Å². The second kappa shape index (κ2) is 6.02. The van der Waals surface area contributed by atoms with Crippen molar-refractivity contribution in [2.75, 3.05) is 19.6 Å². The number of nitrogens with one attached hydrogen (secondary N) is 1. The van der Waals surface area contributed by atoms with E-state index in [-0.39, 0.29) is 0 Å². The number of H-pyrrole nitrogens is 1. The van der Waals surface area contributed by atoms with Gasteiger partial charge in [-0.25, -0.2) is 0 Å². The Morgan fingerprint density at radius 3 is 2.63 bits per heavy atom. The highest BCUT2D eigenvalue weighted by Crippen LogP contribution is 2.21. The summed E-state index contributed by atoms with van der Waals surface area (Å²) in [6.07, 6.45) is 7.25. The first kappa shape index (κ1) is 12.4. The lowest BCUT2D eigenvalue weighted by Gasteiger charge is -2.26. The smallest absolute Gasteiger partial charge is 0.0953 e. The van der Waals surface area contributed by atoms with Crippen LogP contribution < -0.4 is 0 Å². The van der Waals surface area contributed by atoms with E-state index >= 15 is 0 Å². The highest BCUT2D eigenvalue weighted by Gasteiger charge is 2.12. The first-order valence-electron chi connectivity index (χ1n) is 7.24. The van der Waals surface area contributed by atoms with Gasteiger partial charge in [0, 0.05) is 18.3 Å². The van der Waals surface area contributed by atoms with Gasteiger partial charge in [0.05, 0.1) is 5.69 Å². The molecule has 0 spiro atoms. The summed E-state index contributed by atoms with van der Waals surface area (Å²) >= 11 is 0. The average Bonchev–Trinajstić information content (AvgIpc) is 2.95. The number of nitrogens with zero attached hydrogens (tertiary/aromatic N) is 2. The molecule has 0 unspecified atom stereocenters. The number of hydrogen-bond acceptors (Lipinski definition) is 2. The maximum atomic E-state index is 4.41. The first-order chi connectivity index (χ1) is 9.43. The molecule has 1 aliphatic rings. The Hall–Kier alpha value is -1.61. The maximum Gasteiger partial charge on any atom is 0.0953 e. The van der Waals surface area contributed by atoms with Gasteiger partial charge in [0.1, 0.15) is 0 Å².